The van der Waals surface area contributed by atoms with Crippen LogP contribution in [0.3, 0.4) is 0 Å². The fourth-order valence-electron chi connectivity index (χ4n) is 1.02. The molecule has 0 bridgehead atoms. The molecule has 0 aromatic carbocycles. The van der Waals surface area contributed by atoms with Crippen molar-refractivity contribution in [3.63, 3.8) is 0 Å². The van der Waals surface area contributed by atoms with Crippen molar-refractivity contribution in [2.24, 2.45) is 11.7 Å². The Balaban J connectivity index is 2.15. The zero-order valence-corrected chi connectivity index (χ0v) is 5.10. The summed E-state index contributed by atoms with van der Waals surface area (Å²) in [6.45, 7) is 1.94. The quantitative estimate of drug-likeness (QED) is 0.546. The summed E-state index contributed by atoms with van der Waals surface area (Å²) in [5, 5.41) is 0. The summed E-state index contributed by atoms with van der Waals surface area (Å²) in [4.78, 5) is 0. The molecule has 48 valence electrons. The highest BCUT2D eigenvalue weighted by Crippen LogP contribution is 2.31. The van der Waals surface area contributed by atoms with Gasteiger partial charge in [-0.15, -0.1) is 0 Å². The molecule has 1 saturated carbocycles. The minimum atomic E-state index is -0.550. The average Bonchev–Trinajstić information content (AvgIpc) is 1.57. The molecule has 1 fully saturated rings. The predicted molar refractivity (Wildman–Crippen MR) is 31.3 cm³/mol. The second kappa shape index (κ2) is 2.02. The summed E-state index contributed by atoms with van der Waals surface area (Å²) >= 11 is 0. The molecule has 2 heteroatoms. The second-order valence-electron chi connectivity index (χ2n) is 2.69. The van der Waals surface area contributed by atoms with Gasteiger partial charge in [0.25, 0.3) is 0 Å². The Morgan fingerprint density at radius 1 is 1.62 bits per heavy atom. The first-order valence-corrected chi connectivity index (χ1v) is 3.10. The average molecular weight is 117 g/mol. The first-order valence-electron chi connectivity index (χ1n) is 3.10. The molecule has 8 heavy (non-hydrogen) atoms. The van der Waals surface area contributed by atoms with Crippen LogP contribution in [0, 0.1) is 5.92 Å². The van der Waals surface area contributed by atoms with Gasteiger partial charge in [-0.25, -0.2) is 4.39 Å². The lowest BCUT2D eigenvalue weighted by molar-refractivity contribution is 0.115. The van der Waals surface area contributed by atoms with Crippen molar-refractivity contribution in [2.45, 2.75) is 32.0 Å². The molecular weight excluding hydrogens is 105 g/mol. The van der Waals surface area contributed by atoms with Crippen molar-refractivity contribution in [1.29, 1.82) is 0 Å². The van der Waals surface area contributed by atoms with E-state index in [2.05, 4.69) is 0 Å². The van der Waals surface area contributed by atoms with Crippen molar-refractivity contribution in [2.75, 3.05) is 0 Å². The zero-order chi connectivity index (χ0) is 6.15. The van der Waals surface area contributed by atoms with Gasteiger partial charge in [-0.3, -0.25) is 0 Å². The number of halogens is 1. The summed E-state index contributed by atoms with van der Waals surface area (Å²) in [5.74, 6) is 0.463. The second-order valence-corrected chi connectivity index (χ2v) is 2.69. The Labute approximate surface area is 49.1 Å². The molecule has 0 saturated heterocycles. The molecule has 1 aliphatic rings. The highest BCUT2D eigenvalue weighted by Gasteiger charge is 2.30. The Hall–Kier alpha value is -0.110. The van der Waals surface area contributed by atoms with Gasteiger partial charge in [-0.2, -0.15) is 0 Å². The van der Waals surface area contributed by atoms with E-state index in [9.17, 15) is 4.39 Å². The van der Waals surface area contributed by atoms with Crippen LogP contribution in [-0.2, 0) is 0 Å². The molecule has 2 N–H and O–H groups in total. The largest absolute Gasteiger partial charge is 0.328 e. The minimum Gasteiger partial charge on any atom is -0.328 e. The van der Waals surface area contributed by atoms with Crippen molar-refractivity contribution in [3.8, 4) is 0 Å². The van der Waals surface area contributed by atoms with E-state index in [1.54, 1.807) is 0 Å². The molecule has 1 nitrogen and oxygen atoms in total. The highest BCUT2D eigenvalue weighted by molar-refractivity contribution is 4.83. The topological polar surface area (TPSA) is 26.0 Å². The number of nitrogens with two attached hydrogens (primary N) is 1. The van der Waals surface area contributed by atoms with Gasteiger partial charge < -0.3 is 5.73 Å². The monoisotopic (exact) mass is 117 g/mol. The van der Waals surface area contributed by atoms with Crippen LogP contribution >= 0.6 is 0 Å². The van der Waals surface area contributed by atoms with Gasteiger partial charge in [0.1, 0.15) is 6.17 Å². The van der Waals surface area contributed by atoms with E-state index in [0.29, 0.717) is 18.8 Å². The van der Waals surface area contributed by atoms with Crippen LogP contribution in [0.4, 0.5) is 4.39 Å². The van der Waals surface area contributed by atoms with Crippen LogP contribution in [0.2, 0.25) is 0 Å². The van der Waals surface area contributed by atoms with Crippen LogP contribution in [0.5, 0.6) is 0 Å². The Morgan fingerprint density at radius 2 is 2.12 bits per heavy atom. The number of hydrogen-bond donors (Lipinski definition) is 1. The van der Waals surface area contributed by atoms with Crippen LogP contribution < -0.4 is 5.73 Å². The molecule has 0 amide bonds. The fraction of sp³-hybridized carbons (Fsp3) is 1.00. The van der Waals surface area contributed by atoms with E-state index in [-0.39, 0.29) is 6.04 Å². The van der Waals surface area contributed by atoms with Crippen LogP contribution in [-0.4, -0.2) is 12.2 Å². The molecule has 0 heterocycles. The van der Waals surface area contributed by atoms with Gasteiger partial charge in [0.05, 0.1) is 0 Å². The third-order valence-corrected chi connectivity index (χ3v) is 1.86. The van der Waals surface area contributed by atoms with E-state index in [0.717, 1.165) is 0 Å². The molecule has 0 aliphatic heterocycles. The third kappa shape index (κ3) is 0.996. The summed E-state index contributed by atoms with van der Waals surface area (Å²) in [5.41, 5.74) is 5.49. The first kappa shape index (κ1) is 6.02. The maximum Gasteiger partial charge on any atom is 0.101 e. The molecule has 1 aliphatic carbocycles. The standard InChI is InChI=1S/C6H12FN/c1-4(8)5-2-6(7)3-5/h4-6H,2-3,8H2,1H3/t4-,5?,6?/m1/s1. The van der Waals surface area contributed by atoms with E-state index in [4.69, 9.17) is 5.73 Å². The molecule has 0 spiro atoms. The summed E-state index contributed by atoms with van der Waals surface area (Å²) in [6, 6.07) is 0.196. The number of hydrogen-bond acceptors (Lipinski definition) is 1. The van der Waals surface area contributed by atoms with E-state index < -0.39 is 6.17 Å². The van der Waals surface area contributed by atoms with Crippen molar-refractivity contribution >= 4 is 0 Å². The Kier molecular flexibility index (Phi) is 1.52. The summed E-state index contributed by atoms with van der Waals surface area (Å²) < 4.78 is 12.1. The Bertz CT molecular complexity index is 76.6. The molecule has 0 aromatic rings. The molecule has 1 atom stereocenters. The fourth-order valence-corrected chi connectivity index (χ4v) is 1.02. The molecular formula is C6H12FN. The molecule has 0 radical (unpaired) electrons. The first-order chi connectivity index (χ1) is 3.70. The smallest absolute Gasteiger partial charge is 0.101 e. The third-order valence-electron chi connectivity index (χ3n) is 1.86. The number of rotatable bonds is 1. The maximum absolute atomic E-state index is 12.1. The summed E-state index contributed by atoms with van der Waals surface area (Å²) in [7, 11) is 0. The molecule has 0 aromatic heterocycles. The van der Waals surface area contributed by atoms with Gasteiger partial charge in [0, 0.05) is 6.04 Å². The van der Waals surface area contributed by atoms with Crippen molar-refractivity contribution < 1.29 is 4.39 Å². The van der Waals surface area contributed by atoms with Gasteiger partial charge in [0.2, 0.25) is 0 Å². The normalized spacial score (nSPS) is 40.9. The van der Waals surface area contributed by atoms with Crippen LogP contribution in [0.1, 0.15) is 19.8 Å². The van der Waals surface area contributed by atoms with E-state index in [1.165, 1.54) is 0 Å². The molecule has 1 rings (SSSR count). The van der Waals surface area contributed by atoms with Gasteiger partial charge in [-0.1, -0.05) is 0 Å². The zero-order valence-electron chi connectivity index (χ0n) is 5.10. The summed E-state index contributed by atoms with van der Waals surface area (Å²) in [6.07, 6.45) is 0.834. The van der Waals surface area contributed by atoms with Gasteiger partial charge in [-0.05, 0) is 25.7 Å². The van der Waals surface area contributed by atoms with Crippen molar-refractivity contribution in [3.05, 3.63) is 0 Å². The van der Waals surface area contributed by atoms with E-state index in [1.807, 2.05) is 6.92 Å². The highest BCUT2D eigenvalue weighted by atomic mass is 19.1. The number of alkyl halides is 1. The minimum absolute atomic E-state index is 0.196. The van der Waals surface area contributed by atoms with Crippen molar-refractivity contribution in [1.82, 2.24) is 0 Å². The van der Waals surface area contributed by atoms with Crippen LogP contribution in [0.15, 0.2) is 0 Å². The van der Waals surface area contributed by atoms with Crippen LogP contribution in [0.25, 0.3) is 0 Å². The van der Waals surface area contributed by atoms with Gasteiger partial charge in [0.15, 0.2) is 0 Å². The lowest BCUT2D eigenvalue weighted by atomic mass is 9.79. The van der Waals surface area contributed by atoms with Gasteiger partial charge >= 0.3 is 0 Å². The SMILES string of the molecule is C[C@@H](N)C1CC(F)C1. The Morgan fingerprint density at radius 3 is 2.25 bits per heavy atom. The lowest BCUT2D eigenvalue weighted by Crippen LogP contribution is -2.37. The predicted octanol–water partition coefficient (Wildman–Crippen LogP) is 1.08. The molecule has 0 unspecified atom stereocenters. The van der Waals surface area contributed by atoms with E-state index >= 15 is 0 Å². The lowest BCUT2D eigenvalue weighted by Gasteiger charge is -2.32. The maximum atomic E-state index is 12.1.